The van der Waals surface area contributed by atoms with Crippen LogP contribution < -0.4 is 4.74 Å². The van der Waals surface area contributed by atoms with E-state index in [2.05, 4.69) is 0 Å². The van der Waals surface area contributed by atoms with Crippen LogP contribution in [0.4, 0.5) is 0 Å². The zero-order valence-electron chi connectivity index (χ0n) is 11.7. The van der Waals surface area contributed by atoms with Gasteiger partial charge in [-0.2, -0.15) is 0 Å². The van der Waals surface area contributed by atoms with Gasteiger partial charge in [-0.25, -0.2) is 0 Å². The van der Waals surface area contributed by atoms with Gasteiger partial charge in [0.25, 0.3) is 0 Å². The van der Waals surface area contributed by atoms with Crippen LogP contribution in [0.2, 0.25) is 5.02 Å². The summed E-state index contributed by atoms with van der Waals surface area (Å²) in [5.41, 5.74) is 1.95. The number of rotatable bonds is 5. The van der Waals surface area contributed by atoms with Crippen LogP contribution in [0.5, 0.6) is 5.75 Å². The first kappa shape index (κ1) is 14.4. The Balaban J connectivity index is 1.66. The first-order valence-corrected chi connectivity index (χ1v) is 7.15. The number of hydrogen-bond donors (Lipinski definition) is 0. The smallest absolute Gasteiger partial charge is 0.185 e. The van der Waals surface area contributed by atoms with E-state index >= 15 is 0 Å². The van der Waals surface area contributed by atoms with E-state index in [4.69, 9.17) is 20.8 Å². The van der Waals surface area contributed by atoms with Crippen molar-refractivity contribution >= 4 is 17.9 Å². The molecule has 110 valence electrons. The Kier molecular flexibility index (Phi) is 4.26. The van der Waals surface area contributed by atoms with Gasteiger partial charge < -0.3 is 9.15 Å². The van der Waals surface area contributed by atoms with Gasteiger partial charge in [0.15, 0.2) is 12.0 Å². The average Bonchev–Trinajstić information content (AvgIpc) is 3.04. The lowest BCUT2D eigenvalue weighted by atomic mass is 10.2. The molecule has 3 rings (SSSR count). The second kappa shape index (κ2) is 6.50. The second-order valence-corrected chi connectivity index (χ2v) is 5.20. The van der Waals surface area contributed by atoms with Crippen LogP contribution >= 0.6 is 11.6 Å². The molecule has 0 saturated heterocycles. The van der Waals surface area contributed by atoms with Crippen LogP contribution in [0, 0.1) is 0 Å². The lowest BCUT2D eigenvalue weighted by Crippen LogP contribution is -1.94. The summed E-state index contributed by atoms with van der Waals surface area (Å²) in [6, 6.07) is 18.5. The highest BCUT2D eigenvalue weighted by Gasteiger charge is 2.04. The summed E-state index contributed by atoms with van der Waals surface area (Å²) in [4.78, 5) is 10.6. The number of hydrogen-bond acceptors (Lipinski definition) is 3. The molecule has 0 bridgehead atoms. The first-order valence-electron chi connectivity index (χ1n) is 6.77. The molecule has 1 aromatic heterocycles. The normalized spacial score (nSPS) is 10.4. The Bertz CT molecular complexity index is 758. The third-order valence-corrected chi connectivity index (χ3v) is 3.45. The van der Waals surface area contributed by atoms with Crippen molar-refractivity contribution in [2.75, 3.05) is 0 Å². The van der Waals surface area contributed by atoms with Crippen molar-refractivity contribution in [1.29, 1.82) is 0 Å². The third kappa shape index (κ3) is 3.38. The lowest BCUT2D eigenvalue weighted by molar-refractivity contribution is 0.110. The van der Waals surface area contributed by atoms with Crippen molar-refractivity contribution in [2.24, 2.45) is 0 Å². The molecule has 0 unspecified atom stereocenters. The number of carbonyl (C=O) groups excluding carboxylic acids is 1. The molecule has 1 heterocycles. The van der Waals surface area contributed by atoms with E-state index in [1.165, 1.54) is 0 Å². The molecule has 22 heavy (non-hydrogen) atoms. The molecule has 3 aromatic rings. The van der Waals surface area contributed by atoms with Gasteiger partial charge in [0.1, 0.15) is 18.1 Å². The summed E-state index contributed by atoms with van der Waals surface area (Å²) < 4.78 is 11.1. The molecule has 2 aromatic carbocycles. The van der Waals surface area contributed by atoms with Crippen LogP contribution in [0.1, 0.15) is 16.1 Å². The maximum atomic E-state index is 10.6. The van der Waals surface area contributed by atoms with E-state index in [0.717, 1.165) is 16.9 Å². The van der Waals surface area contributed by atoms with Gasteiger partial charge in [-0.3, -0.25) is 4.79 Å². The quantitative estimate of drug-likeness (QED) is 0.623. The molecule has 0 radical (unpaired) electrons. The molecule has 0 atom stereocenters. The Labute approximate surface area is 133 Å². The van der Waals surface area contributed by atoms with Gasteiger partial charge in [-0.15, -0.1) is 0 Å². The van der Waals surface area contributed by atoms with E-state index in [1.54, 1.807) is 12.1 Å². The monoisotopic (exact) mass is 312 g/mol. The fourth-order valence-corrected chi connectivity index (χ4v) is 2.16. The molecule has 0 aliphatic heterocycles. The molecule has 3 nitrogen and oxygen atoms in total. The molecule has 0 saturated carbocycles. The fraction of sp³-hybridized carbons (Fsp3) is 0.0556. The molecule has 0 amide bonds. The molecule has 0 aliphatic carbocycles. The highest BCUT2D eigenvalue weighted by Crippen LogP contribution is 2.24. The summed E-state index contributed by atoms with van der Waals surface area (Å²) in [5, 5.41) is 0.709. The molecule has 0 aliphatic rings. The minimum Gasteiger partial charge on any atom is -0.489 e. The molecule has 0 fully saturated rings. The van der Waals surface area contributed by atoms with Gasteiger partial charge in [0, 0.05) is 10.6 Å². The average molecular weight is 313 g/mol. The predicted octanol–water partition coefficient (Wildman–Crippen LogP) is 4.99. The number of ether oxygens (including phenoxy) is 1. The number of benzene rings is 2. The van der Waals surface area contributed by atoms with Crippen molar-refractivity contribution in [3.05, 3.63) is 77.0 Å². The molecular weight excluding hydrogens is 300 g/mol. The molecule has 0 N–H and O–H groups in total. The highest BCUT2D eigenvalue weighted by atomic mass is 35.5. The summed E-state index contributed by atoms with van der Waals surface area (Å²) in [7, 11) is 0. The highest BCUT2D eigenvalue weighted by molar-refractivity contribution is 6.30. The lowest BCUT2D eigenvalue weighted by Gasteiger charge is -2.07. The summed E-state index contributed by atoms with van der Waals surface area (Å²) in [6.45, 7) is 0.479. The van der Waals surface area contributed by atoms with E-state index < -0.39 is 0 Å². The van der Waals surface area contributed by atoms with Crippen molar-refractivity contribution < 1.29 is 13.9 Å². The Morgan fingerprint density at radius 3 is 2.32 bits per heavy atom. The molecule has 0 spiro atoms. The van der Waals surface area contributed by atoms with Gasteiger partial charge >= 0.3 is 0 Å². The van der Waals surface area contributed by atoms with Gasteiger partial charge in [-0.05, 0) is 54.1 Å². The minimum absolute atomic E-state index is 0.318. The zero-order chi connectivity index (χ0) is 15.4. The standard InChI is InChI=1S/C18H13ClO3/c19-15-5-1-13(2-6-15)12-21-16-7-3-14(4-8-16)18-10-9-17(11-20)22-18/h1-11H,12H2. The SMILES string of the molecule is O=Cc1ccc(-c2ccc(OCc3ccc(Cl)cc3)cc2)o1. The largest absolute Gasteiger partial charge is 0.489 e. The number of halogens is 1. The number of furan rings is 1. The first-order chi connectivity index (χ1) is 10.7. The summed E-state index contributed by atoms with van der Waals surface area (Å²) in [5.74, 6) is 1.74. The third-order valence-electron chi connectivity index (χ3n) is 3.20. The van der Waals surface area contributed by atoms with Crippen molar-refractivity contribution in [1.82, 2.24) is 0 Å². The van der Waals surface area contributed by atoms with Crippen molar-refractivity contribution in [3.63, 3.8) is 0 Å². The summed E-state index contributed by atoms with van der Waals surface area (Å²) >= 11 is 5.85. The maximum absolute atomic E-state index is 10.6. The van der Waals surface area contributed by atoms with Gasteiger partial charge in [0.05, 0.1) is 0 Å². The van der Waals surface area contributed by atoms with E-state index in [0.29, 0.717) is 29.4 Å². The number of carbonyl (C=O) groups is 1. The number of aldehydes is 1. The predicted molar refractivity (Wildman–Crippen MR) is 85.3 cm³/mol. The fourth-order valence-electron chi connectivity index (χ4n) is 2.03. The van der Waals surface area contributed by atoms with Crippen LogP contribution in [0.25, 0.3) is 11.3 Å². The van der Waals surface area contributed by atoms with Crippen LogP contribution in [-0.2, 0) is 6.61 Å². The molecular formula is C18H13ClO3. The second-order valence-electron chi connectivity index (χ2n) is 4.76. The van der Waals surface area contributed by atoms with Crippen molar-refractivity contribution in [3.8, 4) is 17.1 Å². The summed E-state index contributed by atoms with van der Waals surface area (Å²) in [6.07, 6.45) is 0.688. The maximum Gasteiger partial charge on any atom is 0.185 e. The van der Waals surface area contributed by atoms with Crippen LogP contribution in [0.3, 0.4) is 0 Å². The van der Waals surface area contributed by atoms with E-state index in [9.17, 15) is 4.79 Å². The van der Waals surface area contributed by atoms with Gasteiger partial charge in [0.2, 0.25) is 0 Å². The van der Waals surface area contributed by atoms with Crippen molar-refractivity contribution in [2.45, 2.75) is 6.61 Å². The topological polar surface area (TPSA) is 39.4 Å². The van der Waals surface area contributed by atoms with Crippen LogP contribution in [-0.4, -0.2) is 6.29 Å². The van der Waals surface area contributed by atoms with E-state index in [-0.39, 0.29) is 0 Å². The molecule has 4 heteroatoms. The van der Waals surface area contributed by atoms with E-state index in [1.807, 2.05) is 48.5 Å². The Hall–Kier alpha value is -2.52. The zero-order valence-corrected chi connectivity index (χ0v) is 12.4. The van der Waals surface area contributed by atoms with Crippen LogP contribution in [0.15, 0.2) is 65.1 Å². The Morgan fingerprint density at radius 1 is 0.955 bits per heavy atom. The van der Waals surface area contributed by atoms with Gasteiger partial charge in [-0.1, -0.05) is 23.7 Å². The minimum atomic E-state index is 0.318. The Morgan fingerprint density at radius 2 is 1.68 bits per heavy atom.